The minimum Gasteiger partial charge on any atom is -0.461 e. The first kappa shape index (κ1) is 19.7. The van der Waals surface area contributed by atoms with Crippen LogP contribution in [0.2, 0.25) is 0 Å². The van der Waals surface area contributed by atoms with E-state index in [-0.39, 0.29) is 29.9 Å². The fourth-order valence-electron chi connectivity index (χ4n) is 1.80. The van der Waals surface area contributed by atoms with E-state index >= 15 is 0 Å². The van der Waals surface area contributed by atoms with Crippen molar-refractivity contribution in [3.8, 4) is 0 Å². The third-order valence-electron chi connectivity index (χ3n) is 3.24. The summed E-state index contributed by atoms with van der Waals surface area (Å²) in [4.78, 5) is 36.1. The van der Waals surface area contributed by atoms with Crippen molar-refractivity contribution in [1.29, 1.82) is 0 Å². The Kier molecular flexibility index (Phi) is 6.51. The van der Waals surface area contributed by atoms with Crippen molar-refractivity contribution >= 4 is 23.6 Å². The second-order valence-corrected chi connectivity index (χ2v) is 6.82. The molecule has 0 aromatic carbocycles. The average molecular weight is 338 g/mol. The van der Waals surface area contributed by atoms with Crippen molar-refractivity contribution in [2.75, 3.05) is 11.9 Å². The highest BCUT2D eigenvalue weighted by Gasteiger charge is 2.30. The Bertz CT molecular complexity index is 601. The highest BCUT2D eigenvalue weighted by atomic mass is 16.5. The maximum absolute atomic E-state index is 12.4. The summed E-state index contributed by atoms with van der Waals surface area (Å²) < 4.78 is 4.84. The van der Waals surface area contributed by atoms with Crippen LogP contribution < -0.4 is 10.6 Å². The SMILES string of the molecule is CCOC(=O)c1cc(NC(=O)[C@@H](NC(=O)C(C)(C)C)C(C)C)n[nH]1. The van der Waals surface area contributed by atoms with Gasteiger partial charge in [-0.2, -0.15) is 5.10 Å². The molecule has 0 bridgehead atoms. The minimum absolute atomic E-state index is 0.111. The molecule has 1 atom stereocenters. The van der Waals surface area contributed by atoms with Gasteiger partial charge in [0.1, 0.15) is 11.7 Å². The van der Waals surface area contributed by atoms with Crippen molar-refractivity contribution in [1.82, 2.24) is 15.5 Å². The number of H-pyrrole nitrogens is 1. The quantitative estimate of drug-likeness (QED) is 0.683. The second kappa shape index (κ2) is 7.94. The Morgan fingerprint density at radius 2 is 1.92 bits per heavy atom. The third-order valence-corrected chi connectivity index (χ3v) is 3.24. The summed E-state index contributed by atoms with van der Waals surface area (Å²) in [7, 11) is 0. The van der Waals surface area contributed by atoms with Crippen molar-refractivity contribution in [3.63, 3.8) is 0 Å². The molecule has 0 radical (unpaired) electrons. The van der Waals surface area contributed by atoms with Gasteiger partial charge >= 0.3 is 5.97 Å². The van der Waals surface area contributed by atoms with E-state index < -0.39 is 23.3 Å². The number of carbonyl (C=O) groups is 3. The molecule has 0 unspecified atom stereocenters. The van der Waals surface area contributed by atoms with E-state index in [4.69, 9.17) is 4.74 Å². The maximum atomic E-state index is 12.4. The Hall–Kier alpha value is -2.38. The number of esters is 1. The lowest BCUT2D eigenvalue weighted by molar-refractivity contribution is -0.132. The van der Waals surface area contributed by atoms with Gasteiger partial charge in [0.15, 0.2) is 5.82 Å². The number of aromatic nitrogens is 2. The number of rotatable bonds is 6. The Morgan fingerprint density at radius 3 is 2.42 bits per heavy atom. The van der Waals surface area contributed by atoms with Gasteiger partial charge in [0.2, 0.25) is 11.8 Å². The number of anilines is 1. The molecule has 0 spiro atoms. The molecule has 0 aliphatic carbocycles. The molecular formula is C16H26N4O4. The Balaban J connectivity index is 2.79. The van der Waals surface area contributed by atoms with Gasteiger partial charge in [0.25, 0.3) is 0 Å². The van der Waals surface area contributed by atoms with Gasteiger partial charge in [-0.1, -0.05) is 34.6 Å². The molecule has 0 aliphatic heterocycles. The predicted octanol–water partition coefficient (Wildman–Crippen LogP) is 1.71. The topological polar surface area (TPSA) is 113 Å². The molecule has 24 heavy (non-hydrogen) atoms. The number of nitrogens with zero attached hydrogens (tertiary/aromatic N) is 1. The van der Waals surface area contributed by atoms with Crippen LogP contribution in [-0.4, -0.2) is 40.6 Å². The minimum atomic E-state index is -0.709. The van der Waals surface area contributed by atoms with Crippen LogP contribution in [0.25, 0.3) is 0 Å². The number of nitrogens with one attached hydrogen (secondary N) is 3. The van der Waals surface area contributed by atoms with Crippen LogP contribution in [0.3, 0.4) is 0 Å². The number of amides is 2. The summed E-state index contributed by atoms with van der Waals surface area (Å²) in [5.41, 5.74) is -0.455. The van der Waals surface area contributed by atoms with Gasteiger partial charge in [-0.3, -0.25) is 14.7 Å². The smallest absolute Gasteiger partial charge is 0.356 e. The molecule has 8 heteroatoms. The summed E-state index contributed by atoms with van der Waals surface area (Å²) in [6.45, 7) is 10.9. The number of hydrogen-bond donors (Lipinski definition) is 3. The van der Waals surface area contributed by atoms with Crippen LogP contribution in [0.15, 0.2) is 6.07 Å². The average Bonchev–Trinajstić information content (AvgIpc) is 2.91. The standard InChI is InChI=1S/C16H26N4O4/c1-7-24-14(22)10-8-11(20-19-10)17-13(21)12(9(2)3)18-15(23)16(4,5)6/h8-9,12H,7H2,1-6H3,(H,18,23)(H2,17,19,20,21)/t12-/m0/s1. The fraction of sp³-hybridized carbons (Fsp3) is 0.625. The summed E-state index contributed by atoms with van der Waals surface area (Å²) in [6.07, 6.45) is 0. The highest BCUT2D eigenvalue weighted by molar-refractivity contribution is 5.98. The van der Waals surface area contributed by atoms with Crippen LogP contribution in [0.5, 0.6) is 0 Å². The van der Waals surface area contributed by atoms with E-state index in [0.717, 1.165) is 0 Å². The number of aromatic amines is 1. The molecule has 8 nitrogen and oxygen atoms in total. The first-order valence-corrected chi connectivity index (χ1v) is 7.90. The monoisotopic (exact) mass is 338 g/mol. The zero-order valence-electron chi connectivity index (χ0n) is 15.0. The van der Waals surface area contributed by atoms with Crippen LogP contribution in [0.4, 0.5) is 5.82 Å². The van der Waals surface area contributed by atoms with E-state index in [1.54, 1.807) is 27.7 Å². The van der Waals surface area contributed by atoms with E-state index in [1.165, 1.54) is 6.07 Å². The molecule has 0 aliphatic rings. The van der Waals surface area contributed by atoms with Crippen LogP contribution in [-0.2, 0) is 14.3 Å². The molecule has 0 saturated heterocycles. The molecule has 3 N–H and O–H groups in total. The first-order chi connectivity index (χ1) is 11.1. The Morgan fingerprint density at radius 1 is 1.29 bits per heavy atom. The number of carbonyl (C=O) groups excluding carboxylic acids is 3. The van der Waals surface area contributed by atoms with Gasteiger partial charge < -0.3 is 15.4 Å². The molecule has 1 heterocycles. The van der Waals surface area contributed by atoms with E-state index in [1.807, 2.05) is 13.8 Å². The van der Waals surface area contributed by atoms with Crippen molar-refractivity contribution in [2.45, 2.75) is 47.6 Å². The van der Waals surface area contributed by atoms with Gasteiger partial charge in [-0.25, -0.2) is 4.79 Å². The number of ether oxygens (including phenoxy) is 1. The van der Waals surface area contributed by atoms with Crippen LogP contribution >= 0.6 is 0 Å². The van der Waals surface area contributed by atoms with Gasteiger partial charge in [-0.15, -0.1) is 0 Å². The summed E-state index contributed by atoms with van der Waals surface area (Å²) in [5, 5.41) is 11.7. The normalized spacial score (nSPS) is 12.6. The van der Waals surface area contributed by atoms with Crippen molar-refractivity contribution in [3.05, 3.63) is 11.8 Å². The zero-order valence-corrected chi connectivity index (χ0v) is 15.0. The highest BCUT2D eigenvalue weighted by Crippen LogP contribution is 2.15. The van der Waals surface area contributed by atoms with Gasteiger partial charge in [0, 0.05) is 11.5 Å². The van der Waals surface area contributed by atoms with Gasteiger partial charge in [0.05, 0.1) is 6.61 Å². The predicted molar refractivity (Wildman–Crippen MR) is 89.4 cm³/mol. The van der Waals surface area contributed by atoms with E-state index in [0.29, 0.717) is 0 Å². The summed E-state index contributed by atoms with van der Waals surface area (Å²) >= 11 is 0. The lowest BCUT2D eigenvalue weighted by atomic mass is 9.93. The third kappa shape index (κ3) is 5.36. The maximum Gasteiger partial charge on any atom is 0.356 e. The molecule has 1 aromatic rings. The van der Waals surface area contributed by atoms with Gasteiger partial charge in [-0.05, 0) is 12.8 Å². The summed E-state index contributed by atoms with van der Waals surface area (Å²) in [5.74, 6) is -1.08. The molecule has 1 aromatic heterocycles. The molecule has 2 amide bonds. The molecular weight excluding hydrogens is 312 g/mol. The second-order valence-electron chi connectivity index (χ2n) is 6.82. The first-order valence-electron chi connectivity index (χ1n) is 7.90. The van der Waals surface area contributed by atoms with E-state index in [9.17, 15) is 14.4 Å². The number of hydrogen-bond acceptors (Lipinski definition) is 5. The molecule has 134 valence electrons. The zero-order chi connectivity index (χ0) is 18.5. The largest absolute Gasteiger partial charge is 0.461 e. The molecule has 1 rings (SSSR count). The van der Waals surface area contributed by atoms with Crippen molar-refractivity contribution in [2.24, 2.45) is 11.3 Å². The molecule has 0 fully saturated rings. The van der Waals surface area contributed by atoms with E-state index in [2.05, 4.69) is 20.8 Å². The lowest BCUT2D eigenvalue weighted by Crippen LogP contribution is -2.50. The van der Waals surface area contributed by atoms with Crippen LogP contribution in [0.1, 0.15) is 52.0 Å². The van der Waals surface area contributed by atoms with Crippen LogP contribution in [0, 0.1) is 11.3 Å². The van der Waals surface area contributed by atoms with Crippen molar-refractivity contribution < 1.29 is 19.1 Å². The Labute approximate surface area is 141 Å². The lowest BCUT2D eigenvalue weighted by Gasteiger charge is -2.25. The fourth-order valence-corrected chi connectivity index (χ4v) is 1.80. The molecule has 0 saturated carbocycles. The summed E-state index contributed by atoms with van der Waals surface area (Å²) in [6, 6.07) is 0.679.